The van der Waals surface area contributed by atoms with Gasteiger partial charge < -0.3 is 0 Å². The molecule has 0 aromatic rings. The van der Waals surface area contributed by atoms with Gasteiger partial charge in [-0.2, -0.15) is 0 Å². The Morgan fingerprint density at radius 3 is 2.00 bits per heavy atom. The maximum atomic E-state index is 1.62. The Balaban J connectivity index is 1.91. The van der Waals surface area contributed by atoms with Crippen molar-refractivity contribution in [2.75, 3.05) is 0 Å². The fraction of sp³-hybridized carbons (Fsp3) is 1.00. The van der Waals surface area contributed by atoms with E-state index in [0.717, 1.165) is 0 Å². The fourth-order valence-corrected chi connectivity index (χ4v) is 3.96. The number of hydrogen-bond acceptors (Lipinski definition) is 0. The average Bonchev–Trinajstić information content (AvgIpc) is 2.40. The highest BCUT2D eigenvalue weighted by atomic mass is 14.5. The van der Waals surface area contributed by atoms with E-state index >= 15 is 0 Å². The first kappa shape index (κ1) is 5.62. The van der Waals surface area contributed by atoms with Crippen LogP contribution >= 0.6 is 0 Å². The first-order valence-electron chi connectivity index (χ1n) is 4.93. The van der Waals surface area contributed by atoms with E-state index < -0.39 is 0 Å². The molecule has 3 aliphatic carbocycles. The molecule has 3 saturated carbocycles. The molecule has 0 aromatic carbocycles. The molecule has 0 heteroatoms. The fourth-order valence-electron chi connectivity index (χ4n) is 3.96. The molecule has 0 N–H and O–H groups in total. The third kappa shape index (κ3) is 0.580. The maximum Gasteiger partial charge on any atom is -0.0355 e. The first-order chi connectivity index (χ1) is 4.93. The molecule has 3 aliphatic rings. The van der Waals surface area contributed by atoms with Crippen LogP contribution in [0.5, 0.6) is 0 Å². The van der Waals surface area contributed by atoms with Gasteiger partial charge in [0, 0.05) is 0 Å². The summed E-state index contributed by atoms with van der Waals surface area (Å²) in [7, 11) is 0. The van der Waals surface area contributed by atoms with Crippen molar-refractivity contribution in [3.63, 3.8) is 0 Å². The summed E-state index contributed by atoms with van der Waals surface area (Å²) in [6.07, 6.45) is 9.56. The van der Waals surface area contributed by atoms with E-state index in [1.807, 2.05) is 0 Å². The van der Waals surface area contributed by atoms with Crippen LogP contribution < -0.4 is 0 Å². The average molecular weight is 136 g/mol. The lowest BCUT2D eigenvalue weighted by atomic mass is 9.71. The Hall–Kier alpha value is 0. The highest BCUT2D eigenvalue weighted by molar-refractivity contribution is 4.97. The lowest BCUT2D eigenvalue weighted by Crippen LogP contribution is -2.24. The summed E-state index contributed by atoms with van der Waals surface area (Å²) in [5.41, 5.74) is 0. The molecule has 0 heterocycles. The summed E-state index contributed by atoms with van der Waals surface area (Å²) >= 11 is 0. The Bertz CT molecular complexity index is 133. The summed E-state index contributed by atoms with van der Waals surface area (Å²) in [6, 6.07) is 0. The minimum absolute atomic E-state index is 1.18. The third-order valence-electron chi connectivity index (χ3n) is 4.24. The topological polar surface area (TPSA) is 0 Å². The van der Waals surface area contributed by atoms with E-state index in [1.54, 1.807) is 38.5 Å². The number of rotatable bonds is 0. The molecule has 3 fully saturated rings. The second kappa shape index (κ2) is 1.78. The summed E-state index contributed by atoms with van der Waals surface area (Å²) in [5.74, 6) is 4.77. The lowest BCUT2D eigenvalue weighted by Gasteiger charge is -2.34. The van der Waals surface area contributed by atoms with Crippen LogP contribution in [-0.2, 0) is 0 Å². The maximum absolute atomic E-state index is 1.62. The third-order valence-corrected chi connectivity index (χ3v) is 4.24. The van der Waals surface area contributed by atoms with E-state index in [2.05, 4.69) is 0 Å². The monoisotopic (exact) mass is 136 g/mol. The molecule has 2 atom stereocenters. The molecule has 0 amide bonds. The van der Waals surface area contributed by atoms with E-state index in [-0.39, 0.29) is 0 Å². The van der Waals surface area contributed by atoms with Crippen molar-refractivity contribution in [1.29, 1.82) is 0 Å². The predicted octanol–water partition coefficient (Wildman–Crippen LogP) is 2.83. The van der Waals surface area contributed by atoms with Gasteiger partial charge in [-0.1, -0.05) is 19.3 Å². The standard InChI is InChI=1S/C10H16/c1-2-8-4-7-5-9(3-1)10(8)6-7/h7-10H,1-6H2. The Morgan fingerprint density at radius 2 is 1.50 bits per heavy atom. The lowest BCUT2D eigenvalue weighted by molar-refractivity contribution is 0.164. The Kier molecular flexibility index (Phi) is 1.00. The molecule has 3 rings (SSSR count). The second-order valence-electron chi connectivity index (χ2n) is 4.69. The van der Waals surface area contributed by atoms with Crippen molar-refractivity contribution in [3.05, 3.63) is 0 Å². The largest absolute Gasteiger partial charge is 0.0528 e. The summed E-state index contributed by atoms with van der Waals surface area (Å²) in [6.45, 7) is 0. The molecule has 0 nitrogen and oxygen atoms in total. The highest BCUT2D eigenvalue weighted by Crippen LogP contribution is 2.57. The number of hydrogen-bond donors (Lipinski definition) is 0. The smallest absolute Gasteiger partial charge is 0.0355 e. The van der Waals surface area contributed by atoms with Crippen LogP contribution in [0.1, 0.15) is 38.5 Å². The van der Waals surface area contributed by atoms with Gasteiger partial charge in [0.05, 0.1) is 0 Å². The molecule has 2 bridgehead atoms. The van der Waals surface area contributed by atoms with Gasteiger partial charge in [-0.25, -0.2) is 0 Å². The summed E-state index contributed by atoms with van der Waals surface area (Å²) in [5, 5.41) is 0. The van der Waals surface area contributed by atoms with Crippen LogP contribution in [-0.4, -0.2) is 0 Å². The zero-order valence-electron chi connectivity index (χ0n) is 6.55. The zero-order valence-corrected chi connectivity index (χ0v) is 6.55. The predicted molar refractivity (Wildman–Crippen MR) is 41.7 cm³/mol. The van der Waals surface area contributed by atoms with Gasteiger partial charge >= 0.3 is 0 Å². The first-order valence-corrected chi connectivity index (χ1v) is 4.93. The molecule has 0 spiro atoms. The van der Waals surface area contributed by atoms with E-state index in [4.69, 9.17) is 0 Å². The molecule has 0 radical (unpaired) electrons. The van der Waals surface area contributed by atoms with Crippen molar-refractivity contribution in [2.24, 2.45) is 23.7 Å². The number of fused-ring (bicyclic) bond motifs is 1. The van der Waals surface area contributed by atoms with Gasteiger partial charge in [-0.15, -0.1) is 0 Å². The van der Waals surface area contributed by atoms with Crippen LogP contribution in [0.15, 0.2) is 0 Å². The molecule has 0 saturated heterocycles. The van der Waals surface area contributed by atoms with Crippen molar-refractivity contribution < 1.29 is 0 Å². The molecular formula is C10H16. The van der Waals surface area contributed by atoms with E-state index in [9.17, 15) is 0 Å². The van der Waals surface area contributed by atoms with Crippen molar-refractivity contribution in [2.45, 2.75) is 38.5 Å². The van der Waals surface area contributed by atoms with Crippen LogP contribution in [0, 0.1) is 23.7 Å². The van der Waals surface area contributed by atoms with E-state index in [0.29, 0.717) is 0 Å². The molecular weight excluding hydrogens is 120 g/mol. The van der Waals surface area contributed by atoms with Gasteiger partial charge in [0.25, 0.3) is 0 Å². The van der Waals surface area contributed by atoms with Crippen LogP contribution in [0.3, 0.4) is 0 Å². The summed E-state index contributed by atoms with van der Waals surface area (Å²) in [4.78, 5) is 0. The molecule has 0 aliphatic heterocycles. The van der Waals surface area contributed by atoms with Gasteiger partial charge in [-0.05, 0) is 42.9 Å². The second-order valence-corrected chi connectivity index (χ2v) is 4.69. The molecule has 10 heavy (non-hydrogen) atoms. The van der Waals surface area contributed by atoms with Crippen LogP contribution in [0.4, 0.5) is 0 Å². The molecule has 56 valence electrons. The quantitative estimate of drug-likeness (QED) is 0.480. The molecule has 0 aromatic heterocycles. The van der Waals surface area contributed by atoms with Crippen LogP contribution in [0.2, 0.25) is 0 Å². The van der Waals surface area contributed by atoms with Crippen LogP contribution in [0.25, 0.3) is 0 Å². The van der Waals surface area contributed by atoms with Crippen molar-refractivity contribution >= 4 is 0 Å². The zero-order chi connectivity index (χ0) is 6.55. The highest BCUT2D eigenvalue weighted by Gasteiger charge is 2.47. The minimum Gasteiger partial charge on any atom is -0.0528 e. The normalized spacial score (nSPS) is 57.6. The van der Waals surface area contributed by atoms with Crippen molar-refractivity contribution in [1.82, 2.24) is 0 Å². The summed E-state index contributed by atoms with van der Waals surface area (Å²) < 4.78 is 0. The van der Waals surface area contributed by atoms with Crippen molar-refractivity contribution in [3.8, 4) is 0 Å². The minimum atomic E-state index is 1.18. The van der Waals surface area contributed by atoms with Gasteiger partial charge in [0.1, 0.15) is 0 Å². The Labute approximate surface area is 63.0 Å². The van der Waals surface area contributed by atoms with Gasteiger partial charge in [0.15, 0.2) is 0 Å². The van der Waals surface area contributed by atoms with E-state index in [1.165, 1.54) is 23.7 Å². The van der Waals surface area contributed by atoms with Gasteiger partial charge in [-0.3, -0.25) is 0 Å². The SMILES string of the molecule is C1CC2CC3CC(C1)C2C3. The Morgan fingerprint density at radius 1 is 0.800 bits per heavy atom. The van der Waals surface area contributed by atoms with Gasteiger partial charge in [0.2, 0.25) is 0 Å². The molecule has 2 unspecified atom stereocenters.